The molecule has 1 N–H and O–H groups in total. The molecule has 4 heteroatoms. The second kappa shape index (κ2) is 11.3. The van der Waals surface area contributed by atoms with Crippen LogP contribution in [0.2, 0.25) is 0 Å². The second-order valence-electron chi connectivity index (χ2n) is 12.1. The number of carbonyl (C=O) groups excluding carboxylic acids is 1. The van der Waals surface area contributed by atoms with Crippen LogP contribution in [0.1, 0.15) is 76.0 Å². The number of fused-ring (bicyclic) bond motifs is 2. The summed E-state index contributed by atoms with van der Waals surface area (Å²) in [6, 6.07) is 26.5. The van der Waals surface area contributed by atoms with E-state index in [1.54, 1.807) is 0 Å². The van der Waals surface area contributed by atoms with Crippen LogP contribution >= 0.6 is 0 Å². The van der Waals surface area contributed by atoms with Crippen LogP contribution < -0.4 is 4.90 Å². The second-order valence-corrected chi connectivity index (χ2v) is 12.1. The maximum atomic E-state index is 13.9. The van der Waals surface area contributed by atoms with Crippen molar-refractivity contribution in [3.8, 4) is 0 Å². The molecule has 0 radical (unpaired) electrons. The number of aliphatic imine (C=N–C) groups is 1. The number of anilines is 1. The SMILES string of the molecule is CCCCCCCCN1C(=CC2C(=O)C(=C3C(c4ccccc4)=Nc4ccccc43)C2O)C(C)(C)c2ccccc21. The minimum Gasteiger partial charge on any atom is -0.387 e. The maximum absolute atomic E-state index is 13.9. The number of hydrogen-bond acceptors (Lipinski definition) is 4. The van der Waals surface area contributed by atoms with Gasteiger partial charge in [0.05, 0.1) is 23.4 Å². The number of para-hydroxylation sites is 2. The molecule has 0 spiro atoms. The van der Waals surface area contributed by atoms with E-state index in [4.69, 9.17) is 4.99 Å². The van der Waals surface area contributed by atoms with Gasteiger partial charge in [-0.15, -0.1) is 0 Å². The minimum atomic E-state index is -0.875. The zero-order valence-electron chi connectivity index (χ0n) is 24.4. The molecule has 3 aromatic rings. The number of ketones is 1. The van der Waals surface area contributed by atoms with Gasteiger partial charge in [-0.2, -0.15) is 0 Å². The molecular weight excluding hydrogens is 504 g/mol. The molecule has 4 nitrogen and oxygen atoms in total. The molecule has 0 saturated heterocycles. The van der Waals surface area contributed by atoms with Crippen molar-refractivity contribution in [1.82, 2.24) is 0 Å². The lowest BCUT2D eigenvalue weighted by atomic mass is 9.69. The van der Waals surface area contributed by atoms with Crippen LogP contribution in [0.5, 0.6) is 0 Å². The van der Waals surface area contributed by atoms with Gasteiger partial charge in [0.25, 0.3) is 0 Å². The van der Waals surface area contributed by atoms with Crippen molar-refractivity contribution in [3.05, 3.63) is 113 Å². The lowest BCUT2D eigenvalue weighted by molar-refractivity contribution is -0.127. The molecule has 2 unspecified atom stereocenters. The fraction of sp³-hybridized carbons (Fsp3) is 0.351. The lowest BCUT2D eigenvalue weighted by Gasteiger charge is -2.36. The van der Waals surface area contributed by atoms with Crippen molar-refractivity contribution >= 4 is 28.4 Å². The van der Waals surface area contributed by atoms with E-state index in [-0.39, 0.29) is 11.2 Å². The van der Waals surface area contributed by atoms with Crippen LogP contribution in [0.25, 0.3) is 5.57 Å². The van der Waals surface area contributed by atoms with Crippen molar-refractivity contribution < 1.29 is 9.90 Å². The summed E-state index contributed by atoms with van der Waals surface area (Å²) >= 11 is 0. The van der Waals surface area contributed by atoms with Crippen LogP contribution in [0.15, 0.2) is 101 Å². The third kappa shape index (κ3) is 4.78. The number of aliphatic hydroxyl groups excluding tert-OH is 1. The molecule has 210 valence electrons. The Morgan fingerprint density at radius 3 is 2.34 bits per heavy atom. The van der Waals surface area contributed by atoms with Crippen molar-refractivity contribution in [1.29, 1.82) is 0 Å². The van der Waals surface area contributed by atoms with Gasteiger partial charge in [-0.1, -0.05) is 126 Å². The van der Waals surface area contributed by atoms with Crippen LogP contribution in [-0.4, -0.2) is 29.3 Å². The highest BCUT2D eigenvalue weighted by atomic mass is 16.3. The summed E-state index contributed by atoms with van der Waals surface area (Å²) in [6.45, 7) is 7.64. The van der Waals surface area contributed by atoms with Gasteiger partial charge in [0.1, 0.15) is 0 Å². The predicted octanol–water partition coefficient (Wildman–Crippen LogP) is 8.18. The number of carbonyl (C=O) groups is 1. The van der Waals surface area contributed by atoms with Crippen LogP contribution in [0, 0.1) is 5.92 Å². The Morgan fingerprint density at radius 2 is 1.56 bits per heavy atom. The third-order valence-electron chi connectivity index (χ3n) is 9.04. The molecule has 41 heavy (non-hydrogen) atoms. The summed E-state index contributed by atoms with van der Waals surface area (Å²) in [7, 11) is 0. The molecule has 1 fully saturated rings. The van der Waals surface area contributed by atoms with Gasteiger partial charge in [0.15, 0.2) is 5.78 Å². The van der Waals surface area contributed by atoms with E-state index in [0.29, 0.717) is 5.57 Å². The Labute approximate surface area is 244 Å². The van der Waals surface area contributed by atoms with E-state index in [2.05, 4.69) is 56.0 Å². The highest BCUT2D eigenvalue weighted by molar-refractivity contribution is 6.40. The van der Waals surface area contributed by atoms with E-state index < -0.39 is 12.0 Å². The highest BCUT2D eigenvalue weighted by Crippen LogP contribution is 2.50. The zero-order valence-corrected chi connectivity index (χ0v) is 24.4. The molecule has 0 aromatic heterocycles. The van der Waals surface area contributed by atoms with E-state index in [9.17, 15) is 9.90 Å². The highest BCUT2D eigenvalue weighted by Gasteiger charge is 2.49. The van der Waals surface area contributed by atoms with Gasteiger partial charge >= 0.3 is 0 Å². The largest absolute Gasteiger partial charge is 0.387 e. The van der Waals surface area contributed by atoms with E-state index in [1.165, 1.54) is 43.4 Å². The van der Waals surface area contributed by atoms with E-state index in [0.717, 1.165) is 46.8 Å². The monoisotopic (exact) mass is 544 g/mol. The van der Waals surface area contributed by atoms with Crippen LogP contribution in [-0.2, 0) is 10.2 Å². The standard InChI is InChI=1S/C37H40N2O2/c1-4-5-6-7-8-16-23-39-30-22-15-13-20-28(30)37(2,3)31(39)24-27-35(40)33(36(27)41)32-26-19-12-14-21-29(26)38-34(32)25-17-10-9-11-18-25/h9-15,17-22,24,27,35,40H,4-8,16,23H2,1-3H3. The van der Waals surface area contributed by atoms with Gasteiger partial charge in [0, 0.05) is 45.6 Å². The predicted molar refractivity (Wildman–Crippen MR) is 169 cm³/mol. The topological polar surface area (TPSA) is 52.9 Å². The molecule has 2 aliphatic heterocycles. The quantitative estimate of drug-likeness (QED) is 0.218. The Kier molecular flexibility index (Phi) is 7.52. The number of hydrogen-bond donors (Lipinski definition) is 1. The first-order valence-corrected chi connectivity index (χ1v) is 15.2. The minimum absolute atomic E-state index is 0.00777. The number of unbranched alkanes of at least 4 members (excludes halogenated alkanes) is 5. The lowest BCUT2D eigenvalue weighted by Crippen LogP contribution is -2.46. The van der Waals surface area contributed by atoms with E-state index in [1.807, 2.05) is 54.6 Å². The molecule has 6 rings (SSSR count). The number of rotatable bonds is 9. The van der Waals surface area contributed by atoms with Gasteiger partial charge in [-0.25, -0.2) is 4.99 Å². The van der Waals surface area contributed by atoms with Gasteiger partial charge in [-0.3, -0.25) is 4.79 Å². The summed E-state index contributed by atoms with van der Waals surface area (Å²) in [5.41, 5.74) is 8.10. The Balaban J connectivity index is 1.33. The Bertz CT molecular complexity index is 1550. The summed E-state index contributed by atoms with van der Waals surface area (Å²) in [5, 5.41) is 11.6. The first-order valence-electron chi connectivity index (χ1n) is 15.2. The maximum Gasteiger partial charge on any atom is 0.172 e. The first kappa shape index (κ1) is 27.4. The Morgan fingerprint density at radius 1 is 0.878 bits per heavy atom. The molecule has 0 amide bonds. The van der Waals surface area contributed by atoms with Crippen LogP contribution in [0.4, 0.5) is 11.4 Å². The first-order chi connectivity index (χ1) is 19.9. The molecule has 2 atom stereocenters. The summed E-state index contributed by atoms with van der Waals surface area (Å²) in [5.74, 6) is -0.579. The number of allylic oxidation sites excluding steroid dienone is 2. The van der Waals surface area contributed by atoms with Crippen molar-refractivity contribution in [3.63, 3.8) is 0 Å². The fourth-order valence-electron chi connectivity index (χ4n) is 6.76. The molecule has 0 bridgehead atoms. The smallest absolute Gasteiger partial charge is 0.172 e. The zero-order chi connectivity index (χ0) is 28.6. The fourth-order valence-corrected chi connectivity index (χ4v) is 6.76. The number of aliphatic hydroxyl groups is 1. The molecule has 2 heterocycles. The number of benzene rings is 3. The van der Waals surface area contributed by atoms with Crippen molar-refractivity contribution in [2.24, 2.45) is 10.9 Å². The molecular formula is C37H40N2O2. The number of Topliss-reactive ketones (excluding diaryl/α,β-unsaturated/α-hetero) is 1. The third-order valence-corrected chi connectivity index (χ3v) is 9.04. The van der Waals surface area contributed by atoms with Crippen molar-refractivity contribution in [2.45, 2.75) is 70.8 Å². The van der Waals surface area contributed by atoms with Gasteiger partial charge in [-0.05, 0) is 24.1 Å². The average Bonchev–Trinajstić information content (AvgIpc) is 3.46. The Hall–Kier alpha value is -3.76. The average molecular weight is 545 g/mol. The van der Waals surface area contributed by atoms with Gasteiger partial charge < -0.3 is 10.0 Å². The summed E-state index contributed by atoms with van der Waals surface area (Å²) in [6.07, 6.45) is 8.60. The number of nitrogens with zero attached hydrogens (tertiary/aromatic N) is 2. The molecule has 3 aliphatic rings. The molecule has 1 saturated carbocycles. The molecule has 1 aliphatic carbocycles. The van der Waals surface area contributed by atoms with Gasteiger partial charge in [0.2, 0.25) is 0 Å². The van der Waals surface area contributed by atoms with Crippen LogP contribution in [0.3, 0.4) is 0 Å². The normalized spacial score (nSPS) is 23.4. The summed E-state index contributed by atoms with van der Waals surface area (Å²) in [4.78, 5) is 21.3. The van der Waals surface area contributed by atoms with Crippen molar-refractivity contribution in [2.75, 3.05) is 11.4 Å². The van der Waals surface area contributed by atoms with E-state index >= 15 is 0 Å². The molecule has 3 aromatic carbocycles. The summed E-state index contributed by atoms with van der Waals surface area (Å²) < 4.78 is 0.